The molecule has 0 bridgehead atoms. The summed E-state index contributed by atoms with van der Waals surface area (Å²) in [5.74, 6) is -1.03. The van der Waals surface area contributed by atoms with Crippen LogP contribution in [0.5, 0.6) is 0 Å². The molecule has 4 rings (SSSR count). The molecule has 1 N–H and O–H groups in total. The number of halogens is 1. The first-order valence-electron chi connectivity index (χ1n) is 12.3. The molecule has 7 heteroatoms. The number of carboxylic acids is 1. The third-order valence-corrected chi connectivity index (χ3v) is 7.26. The number of fused-ring (bicyclic) bond motifs is 1. The lowest BCUT2D eigenvalue weighted by atomic mass is 9.83. The van der Waals surface area contributed by atoms with Crippen LogP contribution in [0, 0.1) is 13.8 Å². The van der Waals surface area contributed by atoms with Gasteiger partial charge in [0.05, 0.1) is 5.60 Å². The van der Waals surface area contributed by atoms with Gasteiger partial charge in [-0.1, -0.05) is 23.7 Å². The van der Waals surface area contributed by atoms with Crippen molar-refractivity contribution in [1.82, 2.24) is 9.80 Å². The Morgan fingerprint density at radius 1 is 0.943 bits per heavy atom. The Labute approximate surface area is 212 Å². The van der Waals surface area contributed by atoms with Crippen molar-refractivity contribution in [3.8, 4) is 11.1 Å². The Balaban J connectivity index is 1.85. The first-order chi connectivity index (χ1) is 16.5. The van der Waals surface area contributed by atoms with Crippen molar-refractivity contribution in [2.45, 2.75) is 78.7 Å². The molecule has 0 aliphatic carbocycles. The topological polar surface area (TPSA) is 70.1 Å². The molecule has 1 fully saturated rings. The highest BCUT2D eigenvalue weighted by Crippen LogP contribution is 2.44. The van der Waals surface area contributed by atoms with E-state index < -0.39 is 17.7 Å². The van der Waals surface area contributed by atoms with Crippen LogP contribution < -0.4 is 0 Å². The summed E-state index contributed by atoms with van der Waals surface area (Å²) >= 11 is 6.16. The number of amides is 2. The van der Waals surface area contributed by atoms with Crippen LogP contribution in [0.3, 0.4) is 0 Å². The van der Waals surface area contributed by atoms with E-state index in [4.69, 9.17) is 16.3 Å². The SMILES string of the molecule is Cc1c2c(c(C)c([C@H](OC(C)(C)C)C(=O)O)c1-c1ccc(Cl)cc1)CN(C(=O)N1CCCCC1)C2. The lowest BCUT2D eigenvalue weighted by Crippen LogP contribution is -2.43. The molecule has 0 saturated carbocycles. The number of ether oxygens (including phenoxy) is 1. The van der Waals surface area contributed by atoms with Crippen LogP contribution in [-0.4, -0.2) is 45.6 Å². The van der Waals surface area contributed by atoms with Crippen LogP contribution in [0.25, 0.3) is 11.1 Å². The maximum Gasteiger partial charge on any atom is 0.337 e. The minimum Gasteiger partial charge on any atom is -0.479 e. The van der Waals surface area contributed by atoms with Crippen LogP contribution in [0.2, 0.25) is 5.02 Å². The van der Waals surface area contributed by atoms with Gasteiger partial charge in [-0.05, 0) is 99.4 Å². The predicted octanol–water partition coefficient (Wildman–Crippen LogP) is 6.49. The maximum absolute atomic E-state index is 13.3. The van der Waals surface area contributed by atoms with E-state index in [9.17, 15) is 14.7 Å². The molecule has 2 aromatic rings. The van der Waals surface area contributed by atoms with Crippen molar-refractivity contribution >= 4 is 23.6 Å². The van der Waals surface area contributed by atoms with Gasteiger partial charge in [0.1, 0.15) is 0 Å². The van der Waals surface area contributed by atoms with E-state index in [1.807, 2.05) is 68.7 Å². The summed E-state index contributed by atoms with van der Waals surface area (Å²) < 4.78 is 6.12. The predicted molar refractivity (Wildman–Crippen MR) is 138 cm³/mol. The van der Waals surface area contributed by atoms with E-state index in [0.717, 1.165) is 59.3 Å². The van der Waals surface area contributed by atoms with Gasteiger partial charge in [0.2, 0.25) is 0 Å². The number of benzene rings is 2. The average Bonchev–Trinajstić information content (AvgIpc) is 3.26. The Morgan fingerprint density at radius 2 is 1.51 bits per heavy atom. The highest BCUT2D eigenvalue weighted by molar-refractivity contribution is 6.30. The van der Waals surface area contributed by atoms with Gasteiger partial charge in [0.25, 0.3) is 0 Å². The van der Waals surface area contributed by atoms with Gasteiger partial charge in [-0.25, -0.2) is 9.59 Å². The fourth-order valence-corrected chi connectivity index (χ4v) is 5.47. The fraction of sp³-hybridized carbons (Fsp3) is 0.500. The molecule has 1 saturated heterocycles. The number of likely N-dealkylation sites (tertiary alicyclic amines) is 1. The third kappa shape index (κ3) is 5.19. The Morgan fingerprint density at radius 3 is 2.06 bits per heavy atom. The van der Waals surface area contributed by atoms with Crippen molar-refractivity contribution < 1.29 is 19.4 Å². The number of hydrogen-bond donors (Lipinski definition) is 1. The van der Waals surface area contributed by atoms with Gasteiger partial charge < -0.3 is 19.6 Å². The normalized spacial score (nSPS) is 16.9. The molecule has 0 spiro atoms. The zero-order chi connectivity index (χ0) is 25.5. The van der Waals surface area contributed by atoms with E-state index in [-0.39, 0.29) is 6.03 Å². The first kappa shape index (κ1) is 25.5. The van der Waals surface area contributed by atoms with Crippen LogP contribution in [-0.2, 0) is 22.6 Å². The molecule has 0 radical (unpaired) electrons. The second-order valence-corrected chi connectivity index (χ2v) is 11.1. The van der Waals surface area contributed by atoms with E-state index >= 15 is 0 Å². The molecule has 2 aliphatic rings. The van der Waals surface area contributed by atoms with E-state index in [2.05, 4.69) is 0 Å². The zero-order valence-electron chi connectivity index (χ0n) is 21.3. The quantitative estimate of drug-likeness (QED) is 0.523. The zero-order valence-corrected chi connectivity index (χ0v) is 22.0. The summed E-state index contributed by atoms with van der Waals surface area (Å²) in [6, 6.07) is 7.53. The highest BCUT2D eigenvalue weighted by Gasteiger charge is 2.37. The first-order valence-corrected chi connectivity index (χ1v) is 12.7. The minimum absolute atomic E-state index is 0.0648. The number of carbonyl (C=O) groups is 2. The number of urea groups is 1. The smallest absolute Gasteiger partial charge is 0.337 e. The minimum atomic E-state index is -1.14. The molecular weight excluding hydrogens is 464 g/mol. The lowest BCUT2D eigenvalue weighted by molar-refractivity contribution is -0.160. The van der Waals surface area contributed by atoms with Crippen LogP contribution in [0.1, 0.15) is 74.0 Å². The average molecular weight is 499 g/mol. The molecular formula is C28H35ClN2O4. The molecule has 35 heavy (non-hydrogen) atoms. The van der Waals surface area contributed by atoms with Gasteiger partial charge in [0.15, 0.2) is 6.10 Å². The maximum atomic E-state index is 13.3. The van der Waals surface area contributed by atoms with Crippen LogP contribution in [0.15, 0.2) is 24.3 Å². The van der Waals surface area contributed by atoms with E-state index in [0.29, 0.717) is 23.7 Å². The molecule has 2 aromatic carbocycles. The monoisotopic (exact) mass is 498 g/mol. The summed E-state index contributed by atoms with van der Waals surface area (Å²) in [6.07, 6.45) is 2.11. The summed E-state index contributed by atoms with van der Waals surface area (Å²) in [5.41, 5.74) is 5.72. The third-order valence-electron chi connectivity index (χ3n) is 7.00. The van der Waals surface area contributed by atoms with Crippen molar-refractivity contribution in [1.29, 1.82) is 0 Å². The van der Waals surface area contributed by atoms with Crippen molar-refractivity contribution in [3.05, 3.63) is 57.1 Å². The number of aliphatic carboxylic acids is 1. The lowest BCUT2D eigenvalue weighted by Gasteiger charge is -2.30. The number of carbonyl (C=O) groups excluding carboxylic acids is 1. The molecule has 188 valence electrons. The number of rotatable bonds is 4. The number of hydrogen-bond acceptors (Lipinski definition) is 3. The van der Waals surface area contributed by atoms with Crippen molar-refractivity contribution in [3.63, 3.8) is 0 Å². The number of piperidine rings is 1. The Kier molecular flexibility index (Phi) is 7.16. The van der Waals surface area contributed by atoms with Crippen molar-refractivity contribution in [2.75, 3.05) is 13.1 Å². The fourth-order valence-electron chi connectivity index (χ4n) is 5.34. The highest BCUT2D eigenvalue weighted by atomic mass is 35.5. The summed E-state index contributed by atoms with van der Waals surface area (Å²) in [5, 5.41) is 10.9. The van der Waals surface area contributed by atoms with E-state index in [1.54, 1.807) is 0 Å². The number of carboxylic acid groups (broad SMARTS) is 1. The molecule has 2 amide bonds. The number of nitrogens with zero attached hydrogens (tertiary/aromatic N) is 2. The Hall–Kier alpha value is -2.57. The molecule has 0 aromatic heterocycles. The molecule has 0 unspecified atom stereocenters. The summed E-state index contributed by atoms with van der Waals surface area (Å²) in [6.45, 7) is 12.2. The Bertz CT molecular complexity index is 1130. The largest absolute Gasteiger partial charge is 0.479 e. The standard InChI is InChI=1S/C28H35ClN2O4/c1-17-21-15-31(27(34)30-13-7-6-8-14-30)16-22(21)18(2)24(25(26(32)33)35-28(3,4)5)23(17)19-9-11-20(29)12-10-19/h9-12,25H,6-8,13-16H2,1-5H3,(H,32,33)/t25-/m0/s1. The van der Waals surface area contributed by atoms with E-state index in [1.165, 1.54) is 6.42 Å². The van der Waals surface area contributed by atoms with Gasteiger partial charge in [0, 0.05) is 36.8 Å². The molecule has 2 aliphatic heterocycles. The molecule has 2 heterocycles. The van der Waals surface area contributed by atoms with Gasteiger partial charge in [-0.3, -0.25) is 0 Å². The molecule has 1 atom stereocenters. The summed E-state index contributed by atoms with van der Waals surface area (Å²) in [7, 11) is 0. The van der Waals surface area contributed by atoms with Crippen molar-refractivity contribution in [2.24, 2.45) is 0 Å². The second kappa shape index (κ2) is 9.82. The van der Waals surface area contributed by atoms with Gasteiger partial charge in [-0.2, -0.15) is 0 Å². The van der Waals surface area contributed by atoms with Crippen LogP contribution >= 0.6 is 11.6 Å². The van der Waals surface area contributed by atoms with Crippen LogP contribution in [0.4, 0.5) is 4.79 Å². The molecule has 6 nitrogen and oxygen atoms in total. The summed E-state index contributed by atoms with van der Waals surface area (Å²) in [4.78, 5) is 29.7. The van der Waals surface area contributed by atoms with Gasteiger partial charge in [-0.15, -0.1) is 0 Å². The van der Waals surface area contributed by atoms with Gasteiger partial charge >= 0.3 is 12.0 Å². The second-order valence-electron chi connectivity index (χ2n) is 10.6.